The van der Waals surface area contributed by atoms with Crippen LogP contribution in [0.5, 0.6) is 5.75 Å². The van der Waals surface area contributed by atoms with Gasteiger partial charge in [-0.1, -0.05) is 19.1 Å². The van der Waals surface area contributed by atoms with Crippen molar-refractivity contribution in [2.45, 2.75) is 25.8 Å². The van der Waals surface area contributed by atoms with E-state index in [4.69, 9.17) is 20.5 Å². The molecule has 0 saturated heterocycles. The second kappa shape index (κ2) is 9.98. The summed E-state index contributed by atoms with van der Waals surface area (Å²) in [5, 5.41) is 9.09. The fourth-order valence-electron chi connectivity index (χ4n) is 1.75. The number of carbonyl (C=O) groups is 1. The SMILES string of the molecule is CCCOC(=O)C(N)Cc1ccc(O)cc1.CP(=O)(O)n1ccnc1. The molecular formula is C16H24N3O5P. The van der Waals surface area contributed by atoms with Gasteiger partial charge < -0.3 is 20.5 Å². The molecule has 2 aromatic rings. The quantitative estimate of drug-likeness (QED) is 0.523. The van der Waals surface area contributed by atoms with E-state index in [0.29, 0.717) is 13.0 Å². The summed E-state index contributed by atoms with van der Waals surface area (Å²) in [6, 6.07) is 5.97. The summed E-state index contributed by atoms with van der Waals surface area (Å²) < 4.78 is 16.9. The molecule has 0 fully saturated rings. The fraction of sp³-hybridized carbons (Fsp3) is 0.375. The molecule has 0 amide bonds. The monoisotopic (exact) mass is 369 g/mol. The number of phenols is 1. The van der Waals surface area contributed by atoms with Gasteiger partial charge in [-0.15, -0.1) is 0 Å². The lowest BCUT2D eigenvalue weighted by atomic mass is 10.1. The van der Waals surface area contributed by atoms with Crippen molar-refractivity contribution in [3.05, 3.63) is 48.5 Å². The van der Waals surface area contributed by atoms with Crippen molar-refractivity contribution in [3.63, 3.8) is 0 Å². The number of benzene rings is 1. The Labute approximate surface area is 146 Å². The molecule has 25 heavy (non-hydrogen) atoms. The minimum absolute atomic E-state index is 0.200. The van der Waals surface area contributed by atoms with Gasteiger partial charge in [0.2, 0.25) is 0 Å². The average molecular weight is 369 g/mol. The third-order valence-electron chi connectivity index (χ3n) is 3.06. The highest BCUT2D eigenvalue weighted by Gasteiger charge is 2.15. The molecule has 2 rings (SSSR count). The number of aromatic nitrogens is 2. The van der Waals surface area contributed by atoms with Gasteiger partial charge in [-0.05, 0) is 30.5 Å². The normalized spacial score (nSPS) is 13.9. The van der Waals surface area contributed by atoms with E-state index in [-0.39, 0.29) is 11.7 Å². The van der Waals surface area contributed by atoms with E-state index in [9.17, 15) is 9.36 Å². The Balaban J connectivity index is 0.000000293. The predicted molar refractivity (Wildman–Crippen MR) is 94.4 cm³/mol. The van der Waals surface area contributed by atoms with Gasteiger partial charge in [-0.25, -0.2) is 4.98 Å². The van der Waals surface area contributed by atoms with Crippen LogP contribution in [0.25, 0.3) is 0 Å². The first kappa shape index (κ1) is 20.9. The van der Waals surface area contributed by atoms with Gasteiger partial charge >= 0.3 is 5.97 Å². The lowest BCUT2D eigenvalue weighted by Gasteiger charge is -2.10. The molecular weight excluding hydrogens is 345 g/mol. The Morgan fingerprint density at radius 2 is 2.04 bits per heavy atom. The number of rotatable bonds is 6. The van der Waals surface area contributed by atoms with Gasteiger partial charge in [-0.3, -0.25) is 13.7 Å². The molecule has 138 valence electrons. The first-order valence-electron chi connectivity index (χ1n) is 7.73. The number of nitrogens with two attached hydrogens (primary N) is 1. The van der Waals surface area contributed by atoms with Gasteiger partial charge in [0.1, 0.15) is 18.1 Å². The van der Waals surface area contributed by atoms with Crippen LogP contribution in [0.2, 0.25) is 0 Å². The van der Waals surface area contributed by atoms with Crippen molar-refractivity contribution in [2.75, 3.05) is 13.3 Å². The van der Waals surface area contributed by atoms with Crippen LogP contribution in [0, 0.1) is 0 Å². The van der Waals surface area contributed by atoms with Crippen molar-refractivity contribution >= 4 is 13.5 Å². The summed E-state index contributed by atoms with van der Waals surface area (Å²) in [5.41, 5.74) is 6.59. The Kier molecular flexibility index (Phi) is 8.34. The second-order valence-corrected chi connectivity index (χ2v) is 7.56. The molecule has 0 bridgehead atoms. The molecule has 2 atom stereocenters. The van der Waals surface area contributed by atoms with Crippen molar-refractivity contribution in [1.29, 1.82) is 0 Å². The minimum atomic E-state index is -3.12. The third-order valence-corrected chi connectivity index (χ3v) is 4.16. The first-order valence-corrected chi connectivity index (χ1v) is 9.79. The van der Waals surface area contributed by atoms with E-state index in [2.05, 4.69) is 4.98 Å². The van der Waals surface area contributed by atoms with E-state index < -0.39 is 13.6 Å². The zero-order valence-corrected chi connectivity index (χ0v) is 15.2. The van der Waals surface area contributed by atoms with Crippen LogP contribution in [0.15, 0.2) is 43.0 Å². The number of phenolic OH excluding ortho intramolecular Hbond substituents is 1. The van der Waals surface area contributed by atoms with E-state index >= 15 is 0 Å². The smallest absolute Gasteiger partial charge is 0.323 e. The molecule has 8 nitrogen and oxygen atoms in total. The van der Waals surface area contributed by atoms with Gasteiger partial charge in [0.25, 0.3) is 7.52 Å². The second-order valence-electron chi connectivity index (χ2n) is 5.42. The number of hydrogen-bond donors (Lipinski definition) is 3. The Bertz CT molecular complexity index is 682. The number of esters is 1. The summed E-state index contributed by atoms with van der Waals surface area (Å²) in [4.78, 5) is 23.9. The summed E-state index contributed by atoms with van der Waals surface area (Å²) in [5.74, 6) is -0.180. The van der Waals surface area contributed by atoms with Crippen LogP contribution in [0.1, 0.15) is 18.9 Å². The topological polar surface area (TPSA) is 128 Å². The van der Waals surface area contributed by atoms with E-state index in [0.717, 1.165) is 12.0 Å². The highest BCUT2D eigenvalue weighted by atomic mass is 31.2. The molecule has 9 heteroatoms. The molecule has 0 radical (unpaired) electrons. The van der Waals surface area contributed by atoms with Crippen LogP contribution < -0.4 is 5.73 Å². The fourth-order valence-corrected chi connectivity index (χ4v) is 2.31. The molecule has 0 aliphatic rings. The zero-order chi connectivity index (χ0) is 18.9. The minimum Gasteiger partial charge on any atom is -0.508 e. The first-order chi connectivity index (χ1) is 11.7. The zero-order valence-electron chi connectivity index (χ0n) is 14.3. The van der Waals surface area contributed by atoms with Gasteiger partial charge in [0.15, 0.2) is 0 Å². The van der Waals surface area contributed by atoms with Gasteiger partial charge in [-0.2, -0.15) is 0 Å². The van der Waals surface area contributed by atoms with E-state index in [1.165, 1.54) is 29.7 Å². The standard InChI is InChI=1S/C12H17NO3.C4H7N2O2P/c1-2-7-16-12(15)11(13)8-9-3-5-10(14)6-4-9;1-9(7,8)6-3-2-5-4-6/h3-6,11,14H,2,7-8,13H2,1H3;2-4H,1H3,(H,7,8). The molecule has 4 N–H and O–H groups in total. The maximum Gasteiger partial charge on any atom is 0.323 e. The van der Waals surface area contributed by atoms with Crippen molar-refractivity contribution < 1.29 is 24.1 Å². The molecule has 1 aromatic carbocycles. The Morgan fingerprint density at radius 1 is 1.40 bits per heavy atom. The molecule has 0 aliphatic carbocycles. The number of aromatic hydroxyl groups is 1. The van der Waals surface area contributed by atoms with E-state index in [1.54, 1.807) is 24.3 Å². The number of carbonyl (C=O) groups excluding carboxylic acids is 1. The number of hydrogen-bond acceptors (Lipinski definition) is 6. The summed E-state index contributed by atoms with van der Waals surface area (Å²) in [6.45, 7) is 3.59. The molecule has 0 aliphatic heterocycles. The molecule has 0 spiro atoms. The van der Waals surface area contributed by atoms with Gasteiger partial charge in [0, 0.05) is 19.1 Å². The third kappa shape index (κ3) is 7.98. The lowest BCUT2D eigenvalue weighted by molar-refractivity contribution is -0.145. The lowest BCUT2D eigenvalue weighted by Crippen LogP contribution is -2.34. The van der Waals surface area contributed by atoms with Crippen LogP contribution in [-0.4, -0.2) is 44.6 Å². The summed E-state index contributed by atoms with van der Waals surface area (Å²) in [6.07, 6.45) is 5.45. The van der Waals surface area contributed by atoms with Crippen molar-refractivity contribution in [3.8, 4) is 5.75 Å². The van der Waals surface area contributed by atoms with E-state index in [1.807, 2.05) is 6.92 Å². The van der Waals surface area contributed by atoms with Crippen LogP contribution in [-0.2, 0) is 20.5 Å². The van der Waals surface area contributed by atoms with Crippen LogP contribution in [0.3, 0.4) is 0 Å². The van der Waals surface area contributed by atoms with Crippen LogP contribution >= 0.6 is 7.52 Å². The van der Waals surface area contributed by atoms with Gasteiger partial charge in [0.05, 0.1) is 6.61 Å². The molecule has 0 saturated carbocycles. The summed E-state index contributed by atoms with van der Waals surface area (Å²) in [7, 11) is -3.12. The largest absolute Gasteiger partial charge is 0.508 e. The molecule has 2 unspecified atom stereocenters. The number of ether oxygens (including phenoxy) is 1. The Hall–Kier alpha value is -2.15. The molecule has 1 aromatic heterocycles. The maximum absolute atomic E-state index is 11.4. The predicted octanol–water partition coefficient (Wildman–Crippen LogP) is 1.76. The van der Waals surface area contributed by atoms with Crippen molar-refractivity contribution in [1.82, 2.24) is 9.32 Å². The highest BCUT2D eigenvalue weighted by molar-refractivity contribution is 7.55. The number of nitrogens with zero attached hydrogens (tertiary/aromatic N) is 2. The van der Waals surface area contributed by atoms with Crippen molar-refractivity contribution in [2.24, 2.45) is 5.73 Å². The average Bonchev–Trinajstić information content (AvgIpc) is 3.10. The number of imidazole rings is 1. The highest BCUT2D eigenvalue weighted by Crippen LogP contribution is 2.36. The maximum atomic E-state index is 11.4. The summed E-state index contributed by atoms with van der Waals surface area (Å²) >= 11 is 0. The molecule has 1 heterocycles. The van der Waals surface area contributed by atoms with Crippen LogP contribution in [0.4, 0.5) is 0 Å². The Morgan fingerprint density at radius 3 is 2.48 bits per heavy atom.